The number of benzene rings is 12. The SMILES string of the molecule is CC1CCC(OC2CCC(C)CC2)CC1.CCC.CNCNC.CNc1ccc(Cc2ccc(NC)cc2)cc1.Cc1ccc(-c2ccc(C)cc2)cc1.Cc1ccc(C(C)(C)c2ccc(C)cc2)cc1.Cc1ccc(C(c2ccc(C)cc2)(C(F)(F)F)C(F)(F)F)cc1.Cc1ccc(C)cc1.Cc1ccc2c(c1)C(C)(C)c1cc(C)ccc1-2.Cc1cccc(C)c1. The molecule has 2 saturated carbocycles. The van der Waals surface area contributed by atoms with Gasteiger partial charge in [-0.15, -0.1) is 0 Å². The molecule has 0 amide bonds. The predicted molar refractivity (Wildman–Crippen MR) is 534 cm³/mol. The van der Waals surface area contributed by atoms with E-state index in [1.807, 2.05) is 28.2 Å². The van der Waals surface area contributed by atoms with Crippen LogP contribution in [-0.2, 0) is 27.4 Å². The fourth-order valence-corrected chi connectivity index (χ4v) is 15.6. The Kier molecular flexibility index (Phi) is 42.9. The summed E-state index contributed by atoms with van der Waals surface area (Å²) in [6, 6.07) is 91.1. The van der Waals surface area contributed by atoms with Gasteiger partial charge in [-0.1, -0.05) is 383 Å². The number of alkyl halides is 6. The van der Waals surface area contributed by atoms with Crippen LogP contribution in [0.4, 0.5) is 37.7 Å². The Labute approximate surface area is 761 Å². The molecule has 0 aromatic heterocycles. The molecule has 2 fully saturated rings. The van der Waals surface area contributed by atoms with Crippen LogP contribution in [0.3, 0.4) is 0 Å². The molecule has 3 aliphatic rings. The van der Waals surface area contributed by atoms with Crippen LogP contribution in [-0.4, -0.2) is 59.4 Å². The van der Waals surface area contributed by atoms with Gasteiger partial charge in [-0.25, -0.2) is 0 Å². The second kappa shape index (κ2) is 51.6. The van der Waals surface area contributed by atoms with E-state index in [1.54, 1.807) is 13.8 Å². The zero-order valence-electron chi connectivity index (χ0n) is 80.8. The number of halogens is 6. The van der Waals surface area contributed by atoms with Gasteiger partial charge in [-0.2, -0.15) is 26.3 Å². The van der Waals surface area contributed by atoms with Crippen LogP contribution in [0.25, 0.3) is 22.3 Å². The highest BCUT2D eigenvalue weighted by molar-refractivity contribution is 5.81. The Morgan fingerprint density at radius 1 is 0.323 bits per heavy atom. The maximum atomic E-state index is 13.7. The zero-order chi connectivity index (χ0) is 93.7. The molecule has 0 unspecified atom stereocenters. The summed E-state index contributed by atoms with van der Waals surface area (Å²) in [5.41, 5.74) is 25.0. The van der Waals surface area contributed by atoms with Gasteiger partial charge in [-0.3, -0.25) is 0 Å². The van der Waals surface area contributed by atoms with Crippen LogP contribution in [0.5, 0.6) is 0 Å². The lowest BCUT2D eigenvalue weighted by molar-refractivity contribution is -0.288. The van der Waals surface area contributed by atoms with E-state index in [9.17, 15) is 26.3 Å². The van der Waals surface area contributed by atoms with Crippen molar-refractivity contribution in [2.75, 3.05) is 45.5 Å². The fourth-order valence-electron chi connectivity index (χ4n) is 15.6. The van der Waals surface area contributed by atoms with Crippen molar-refractivity contribution in [2.24, 2.45) is 11.8 Å². The highest BCUT2D eigenvalue weighted by Gasteiger charge is 2.72. The summed E-state index contributed by atoms with van der Waals surface area (Å²) in [7, 11) is 7.67. The average Bonchev–Trinajstić information content (AvgIpc) is 1.27. The fraction of sp³-hybridized carbons (Fsp3) is 0.379. The van der Waals surface area contributed by atoms with Gasteiger partial charge < -0.3 is 26.0 Å². The molecular formula is C116H148F6N4O. The standard InChI is InChI=1S/C17H14F6.C17H18.C17H20.C15H18N2.C14H26O.C14H14.2C8H10.C3H10N2.C3H8/c1-11-3-7-13(8-4-11)15(16(18,19)20,17(21,22)23)14-9-5-12(2)6-10-14;1-11-5-7-13-14-8-6-12(2)10-16(14)17(3,4)15(13)9-11;1-13-5-9-15(10-6-13)17(3,4)16-11-7-14(2)8-12-16;1-16-14-7-3-12(4-8-14)11-13-5-9-15(17-2)10-6-13;1-11-3-7-13(8-4-11)15-14-9-5-12(2)6-10-14;1-11-3-7-13(8-4-11)14-9-5-12(2)6-10-14;1-7-3-5-8(2)6-4-7;1-7-4-3-5-8(2)6-7;1-4-3-5-2;1-3-2/h3-10H,1-2H3;5-10H,1-4H3;5-12H,1-4H3;3-10,16-17H,11H2,1-2H3;11-14H,3-10H2,1-2H3;3-10H,1-2H3;2*3-6H,1-2H3;4-5H,3H2,1-2H3;3H2,1-2H3. The molecule has 3 aliphatic carbocycles. The minimum absolute atomic E-state index is 0.0708. The molecule has 0 heterocycles. The van der Waals surface area contributed by atoms with Crippen molar-refractivity contribution < 1.29 is 31.1 Å². The number of hydrogen-bond donors (Lipinski definition) is 4. The molecule has 5 nitrogen and oxygen atoms in total. The van der Waals surface area contributed by atoms with Crippen molar-refractivity contribution in [2.45, 2.75) is 243 Å². The Bertz CT molecular complexity index is 4780. The van der Waals surface area contributed by atoms with Crippen LogP contribution in [0.1, 0.15) is 224 Å². The van der Waals surface area contributed by atoms with Crippen molar-refractivity contribution in [3.05, 3.63) is 390 Å². The summed E-state index contributed by atoms with van der Waals surface area (Å²) in [5, 5.41) is 12.1. The number of rotatable bonds is 13. The predicted octanol–water partition coefficient (Wildman–Crippen LogP) is 31.9. The molecule has 0 saturated heterocycles. The van der Waals surface area contributed by atoms with E-state index in [4.69, 9.17) is 4.74 Å². The van der Waals surface area contributed by atoms with Gasteiger partial charge in [0.05, 0.1) is 12.2 Å². The van der Waals surface area contributed by atoms with Gasteiger partial charge >= 0.3 is 12.4 Å². The topological polar surface area (TPSA) is 57.4 Å². The lowest BCUT2D eigenvalue weighted by atomic mass is 9.72. The molecule has 15 rings (SSSR count). The molecule has 127 heavy (non-hydrogen) atoms. The van der Waals surface area contributed by atoms with E-state index < -0.39 is 28.9 Å². The third kappa shape index (κ3) is 33.4. The number of anilines is 2. The molecule has 0 spiro atoms. The van der Waals surface area contributed by atoms with Crippen LogP contribution in [0.2, 0.25) is 0 Å². The van der Waals surface area contributed by atoms with Crippen LogP contribution in [0, 0.1) is 94.9 Å². The normalized spacial score (nSPS) is 15.2. The van der Waals surface area contributed by atoms with E-state index in [0.29, 0.717) is 23.3 Å². The monoisotopic (exact) mass is 1730 g/mol. The van der Waals surface area contributed by atoms with Crippen LogP contribution < -0.4 is 21.3 Å². The minimum atomic E-state index is -5.53. The summed E-state index contributed by atoms with van der Waals surface area (Å²) in [5.74, 6) is 1.88. The lowest BCUT2D eigenvalue weighted by Crippen LogP contribution is -2.54. The summed E-state index contributed by atoms with van der Waals surface area (Å²) < 4.78 is 88.6. The Hall–Kier alpha value is -10.3. The number of aryl methyl sites for hydroxylation is 12. The van der Waals surface area contributed by atoms with Gasteiger partial charge in [0.1, 0.15) is 0 Å². The first-order valence-electron chi connectivity index (χ1n) is 45.5. The van der Waals surface area contributed by atoms with Gasteiger partial charge in [-0.05, 0) is 258 Å². The highest BCUT2D eigenvalue weighted by Crippen LogP contribution is 2.56. The van der Waals surface area contributed by atoms with Gasteiger partial charge in [0.15, 0.2) is 0 Å². The summed E-state index contributed by atoms with van der Waals surface area (Å²) in [4.78, 5) is 0. The van der Waals surface area contributed by atoms with E-state index >= 15 is 0 Å². The van der Waals surface area contributed by atoms with Gasteiger partial charge in [0.25, 0.3) is 0 Å². The summed E-state index contributed by atoms with van der Waals surface area (Å²) >= 11 is 0. The molecule has 0 radical (unpaired) electrons. The molecule has 12 aromatic rings. The molecular weight excluding hydrogens is 1580 g/mol. The van der Waals surface area contributed by atoms with E-state index in [0.717, 1.165) is 60.6 Å². The second-order valence-electron chi connectivity index (χ2n) is 36.2. The Morgan fingerprint density at radius 3 is 0.819 bits per heavy atom. The van der Waals surface area contributed by atoms with Crippen molar-refractivity contribution >= 4 is 11.4 Å². The first-order chi connectivity index (χ1) is 60.2. The molecule has 12 aromatic carbocycles. The smallest absolute Gasteiger partial charge is 0.388 e. The maximum Gasteiger partial charge on any atom is 0.411 e. The van der Waals surface area contributed by atoms with Gasteiger partial charge in [0.2, 0.25) is 5.41 Å². The summed E-state index contributed by atoms with van der Waals surface area (Å²) in [6.07, 6.45) is 3.14. The van der Waals surface area contributed by atoms with E-state index in [2.05, 4.69) is 376 Å². The van der Waals surface area contributed by atoms with Crippen molar-refractivity contribution in [1.82, 2.24) is 10.6 Å². The number of hydrogen-bond acceptors (Lipinski definition) is 5. The van der Waals surface area contributed by atoms with E-state index in [1.165, 1.54) is 193 Å². The third-order valence-electron chi connectivity index (χ3n) is 23.7. The molecule has 11 heteroatoms. The lowest BCUT2D eigenvalue weighted by Gasteiger charge is -2.38. The third-order valence-corrected chi connectivity index (χ3v) is 23.7. The number of nitrogens with one attached hydrogen (secondary N) is 4. The van der Waals surface area contributed by atoms with Crippen molar-refractivity contribution in [3.63, 3.8) is 0 Å². The summed E-state index contributed by atoms with van der Waals surface area (Å²) in [6.45, 7) is 43.5. The highest BCUT2D eigenvalue weighted by atomic mass is 19.4. The molecule has 4 N–H and O–H groups in total. The number of fused-ring (bicyclic) bond motifs is 3. The second-order valence-corrected chi connectivity index (χ2v) is 36.2. The largest absolute Gasteiger partial charge is 0.411 e. The maximum absolute atomic E-state index is 13.7. The van der Waals surface area contributed by atoms with Gasteiger partial charge in [0, 0.05) is 43.0 Å². The molecule has 0 aliphatic heterocycles. The quantitative estimate of drug-likeness (QED) is 0.0685. The van der Waals surface area contributed by atoms with E-state index in [-0.39, 0.29) is 10.8 Å². The average molecular weight is 1730 g/mol. The minimum Gasteiger partial charge on any atom is -0.388 e. The molecule has 0 bridgehead atoms. The Morgan fingerprint density at radius 2 is 0.575 bits per heavy atom. The van der Waals surface area contributed by atoms with Crippen LogP contribution in [0.15, 0.2) is 279 Å². The first kappa shape index (κ1) is 105. The van der Waals surface area contributed by atoms with Crippen molar-refractivity contribution in [1.29, 1.82) is 0 Å². The molecule has 0 atom stereocenters. The number of ether oxygens (including phenoxy) is 1. The molecule has 680 valence electrons. The van der Waals surface area contributed by atoms with Crippen molar-refractivity contribution in [3.8, 4) is 22.3 Å². The van der Waals surface area contributed by atoms with Crippen LogP contribution >= 0.6 is 0 Å². The zero-order valence-corrected chi connectivity index (χ0v) is 80.8. The Balaban J connectivity index is 0.000000224. The first-order valence-corrected chi connectivity index (χ1v) is 45.5.